The number of fused-ring (bicyclic) bond motifs is 1. The number of hydrogen-bond acceptors (Lipinski definition) is 6. The lowest BCUT2D eigenvalue weighted by Gasteiger charge is -2.13. The lowest BCUT2D eigenvalue weighted by molar-refractivity contribution is -0.384. The average molecular weight is 362 g/mol. The third kappa shape index (κ3) is 4.21. The lowest BCUT2D eigenvalue weighted by atomic mass is 10.1. The molecule has 0 fully saturated rings. The second kappa shape index (κ2) is 7.72. The van der Waals surface area contributed by atoms with E-state index in [1.807, 2.05) is 19.2 Å². The highest BCUT2D eigenvalue weighted by molar-refractivity contribution is 6.22. The smallest absolute Gasteiger partial charge is 0.321 e. The molecule has 0 atom stereocenters. The zero-order valence-electron chi connectivity index (χ0n) is 14.3. The highest BCUT2D eigenvalue weighted by atomic mass is 16.6. The van der Waals surface area contributed by atoms with Gasteiger partial charge in [-0.1, -0.05) is 13.8 Å². The SMILES string of the molecule is CC(C)CCNC(=O)NC(=O)CN1C(=O)c2ccc([N+](=O)[O-])cc2C1=O. The zero-order chi connectivity index (χ0) is 19.4. The molecule has 0 saturated heterocycles. The topological polar surface area (TPSA) is 139 Å². The molecular formula is C16H18N4O6. The van der Waals surface area contributed by atoms with E-state index in [2.05, 4.69) is 5.32 Å². The summed E-state index contributed by atoms with van der Waals surface area (Å²) in [4.78, 5) is 58.7. The number of carbonyl (C=O) groups excluding carboxylic acids is 4. The monoisotopic (exact) mass is 362 g/mol. The van der Waals surface area contributed by atoms with Crippen LogP contribution in [-0.4, -0.2) is 46.7 Å². The maximum absolute atomic E-state index is 12.3. The molecule has 138 valence electrons. The van der Waals surface area contributed by atoms with E-state index in [9.17, 15) is 29.3 Å². The summed E-state index contributed by atoms with van der Waals surface area (Å²) in [6.07, 6.45) is 0.735. The van der Waals surface area contributed by atoms with Gasteiger partial charge in [-0.3, -0.25) is 34.7 Å². The van der Waals surface area contributed by atoms with Crippen LogP contribution in [-0.2, 0) is 4.79 Å². The second-order valence-corrected chi connectivity index (χ2v) is 6.17. The number of carbonyl (C=O) groups is 4. The summed E-state index contributed by atoms with van der Waals surface area (Å²) in [6.45, 7) is 3.69. The Labute approximate surface area is 148 Å². The van der Waals surface area contributed by atoms with Crippen LogP contribution < -0.4 is 10.6 Å². The summed E-state index contributed by atoms with van der Waals surface area (Å²) in [5, 5.41) is 15.3. The van der Waals surface area contributed by atoms with Crippen LogP contribution in [0.4, 0.5) is 10.5 Å². The Morgan fingerprint density at radius 1 is 1.19 bits per heavy atom. The Morgan fingerprint density at radius 3 is 2.46 bits per heavy atom. The first kappa shape index (κ1) is 19.0. The predicted molar refractivity (Wildman–Crippen MR) is 89.5 cm³/mol. The number of urea groups is 1. The number of rotatable bonds is 6. The van der Waals surface area contributed by atoms with Crippen molar-refractivity contribution in [2.75, 3.05) is 13.1 Å². The largest absolute Gasteiger partial charge is 0.338 e. The van der Waals surface area contributed by atoms with E-state index in [1.165, 1.54) is 6.07 Å². The van der Waals surface area contributed by atoms with Gasteiger partial charge in [-0.2, -0.15) is 0 Å². The molecule has 2 N–H and O–H groups in total. The van der Waals surface area contributed by atoms with E-state index in [4.69, 9.17) is 0 Å². The van der Waals surface area contributed by atoms with Crippen LogP contribution in [0, 0.1) is 16.0 Å². The molecule has 0 aliphatic carbocycles. The highest BCUT2D eigenvalue weighted by Gasteiger charge is 2.37. The van der Waals surface area contributed by atoms with Gasteiger partial charge in [-0.15, -0.1) is 0 Å². The van der Waals surface area contributed by atoms with Gasteiger partial charge in [0.15, 0.2) is 0 Å². The summed E-state index contributed by atoms with van der Waals surface area (Å²) in [5.74, 6) is -2.01. The highest BCUT2D eigenvalue weighted by Crippen LogP contribution is 2.26. The molecule has 5 amide bonds. The fraction of sp³-hybridized carbons (Fsp3) is 0.375. The molecule has 0 aromatic heterocycles. The minimum atomic E-state index is -0.837. The van der Waals surface area contributed by atoms with Crippen LogP contribution in [0.1, 0.15) is 41.0 Å². The van der Waals surface area contributed by atoms with Crippen LogP contribution in [0.3, 0.4) is 0 Å². The van der Waals surface area contributed by atoms with E-state index in [1.54, 1.807) is 0 Å². The van der Waals surface area contributed by atoms with Gasteiger partial charge >= 0.3 is 6.03 Å². The minimum Gasteiger partial charge on any atom is -0.338 e. The molecule has 0 saturated carbocycles. The van der Waals surface area contributed by atoms with E-state index in [0.717, 1.165) is 18.6 Å². The van der Waals surface area contributed by atoms with Crippen molar-refractivity contribution in [2.45, 2.75) is 20.3 Å². The third-order valence-corrected chi connectivity index (χ3v) is 3.73. The molecule has 10 heteroatoms. The first-order valence-corrected chi connectivity index (χ1v) is 7.93. The molecule has 1 aromatic carbocycles. The van der Waals surface area contributed by atoms with Crippen LogP contribution in [0.5, 0.6) is 0 Å². The van der Waals surface area contributed by atoms with Crippen molar-refractivity contribution in [3.63, 3.8) is 0 Å². The van der Waals surface area contributed by atoms with Crippen LogP contribution >= 0.6 is 0 Å². The van der Waals surface area contributed by atoms with E-state index >= 15 is 0 Å². The van der Waals surface area contributed by atoms with Crippen molar-refractivity contribution in [3.05, 3.63) is 39.4 Å². The standard InChI is InChI=1S/C16H18N4O6/c1-9(2)5-6-17-16(24)18-13(21)8-19-14(22)11-4-3-10(20(25)26)7-12(11)15(19)23/h3-4,7,9H,5-6,8H2,1-2H3,(H2,17,18,21,24). The number of non-ortho nitro benzene ring substituents is 1. The van der Waals surface area contributed by atoms with Gasteiger partial charge in [0.25, 0.3) is 17.5 Å². The number of amides is 5. The van der Waals surface area contributed by atoms with Gasteiger partial charge < -0.3 is 5.32 Å². The summed E-state index contributed by atoms with van der Waals surface area (Å²) in [7, 11) is 0. The molecule has 0 bridgehead atoms. The molecule has 26 heavy (non-hydrogen) atoms. The van der Waals surface area contributed by atoms with Gasteiger partial charge in [-0.25, -0.2) is 4.79 Å². The average Bonchev–Trinajstić information content (AvgIpc) is 2.79. The molecular weight excluding hydrogens is 344 g/mol. The molecule has 0 radical (unpaired) electrons. The number of nitrogens with one attached hydrogen (secondary N) is 2. The Morgan fingerprint density at radius 2 is 1.85 bits per heavy atom. The Bertz CT molecular complexity index is 789. The van der Waals surface area contributed by atoms with E-state index in [0.29, 0.717) is 17.4 Å². The van der Waals surface area contributed by atoms with Crippen LogP contribution in [0.25, 0.3) is 0 Å². The number of imide groups is 2. The summed E-state index contributed by atoms with van der Waals surface area (Å²) >= 11 is 0. The number of hydrogen-bond donors (Lipinski definition) is 2. The molecule has 10 nitrogen and oxygen atoms in total. The number of nitrogens with zero attached hydrogens (tertiary/aromatic N) is 2. The molecule has 1 heterocycles. The van der Waals surface area contributed by atoms with Gasteiger partial charge in [0.2, 0.25) is 5.91 Å². The molecule has 1 aromatic rings. The Balaban J connectivity index is 1.98. The molecule has 0 spiro atoms. The van der Waals surface area contributed by atoms with Crippen molar-refractivity contribution in [1.82, 2.24) is 15.5 Å². The fourth-order valence-electron chi connectivity index (χ4n) is 2.36. The Hall–Kier alpha value is -3.30. The van der Waals surface area contributed by atoms with Crippen molar-refractivity contribution in [3.8, 4) is 0 Å². The molecule has 2 rings (SSSR count). The van der Waals surface area contributed by atoms with E-state index < -0.39 is 35.2 Å². The van der Waals surface area contributed by atoms with Gasteiger partial charge in [0, 0.05) is 18.7 Å². The van der Waals surface area contributed by atoms with Crippen LogP contribution in [0.15, 0.2) is 18.2 Å². The zero-order valence-corrected chi connectivity index (χ0v) is 14.3. The first-order chi connectivity index (χ1) is 12.2. The second-order valence-electron chi connectivity index (χ2n) is 6.17. The lowest BCUT2D eigenvalue weighted by Crippen LogP contribution is -2.46. The van der Waals surface area contributed by atoms with Gasteiger partial charge in [0.1, 0.15) is 6.54 Å². The van der Waals surface area contributed by atoms with E-state index in [-0.39, 0.29) is 16.8 Å². The third-order valence-electron chi connectivity index (χ3n) is 3.73. The predicted octanol–water partition coefficient (Wildman–Crippen LogP) is 1.06. The van der Waals surface area contributed by atoms with Crippen molar-refractivity contribution in [1.29, 1.82) is 0 Å². The van der Waals surface area contributed by atoms with Crippen LogP contribution in [0.2, 0.25) is 0 Å². The molecule has 1 aliphatic rings. The van der Waals surface area contributed by atoms with Gasteiger partial charge in [-0.05, 0) is 18.4 Å². The number of nitro groups is 1. The van der Waals surface area contributed by atoms with Crippen molar-refractivity contribution in [2.24, 2.45) is 5.92 Å². The first-order valence-electron chi connectivity index (χ1n) is 7.93. The normalized spacial score (nSPS) is 13.0. The Kier molecular flexibility index (Phi) is 5.65. The van der Waals surface area contributed by atoms with Gasteiger partial charge in [0.05, 0.1) is 16.1 Å². The maximum atomic E-state index is 12.3. The van der Waals surface area contributed by atoms with Crippen molar-refractivity contribution >= 4 is 29.4 Å². The fourth-order valence-corrected chi connectivity index (χ4v) is 2.36. The molecule has 0 unspecified atom stereocenters. The number of benzene rings is 1. The summed E-state index contributed by atoms with van der Waals surface area (Å²) in [5.41, 5.74) is -0.492. The minimum absolute atomic E-state index is 0.0187. The summed E-state index contributed by atoms with van der Waals surface area (Å²) in [6, 6.07) is 2.55. The summed E-state index contributed by atoms with van der Waals surface area (Å²) < 4.78 is 0. The molecule has 1 aliphatic heterocycles. The maximum Gasteiger partial charge on any atom is 0.321 e. The van der Waals surface area contributed by atoms with Crippen molar-refractivity contribution < 1.29 is 24.1 Å². The quantitative estimate of drug-likeness (QED) is 0.441. The number of nitro benzene ring substituents is 1.